The molecule has 0 aliphatic rings. The van der Waals surface area contributed by atoms with Gasteiger partial charge in [-0.05, 0) is 50.1 Å². The summed E-state index contributed by atoms with van der Waals surface area (Å²) in [5.41, 5.74) is 1.07. The van der Waals surface area contributed by atoms with E-state index in [2.05, 4.69) is 25.3 Å². The first-order valence-electron chi connectivity index (χ1n) is 6.29. The number of pyridine rings is 1. The summed E-state index contributed by atoms with van der Waals surface area (Å²) in [5.74, 6) is 0.380. The van der Waals surface area contributed by atoms with Crippen molar-refractivity contribution in [2.24, 2.45) is 0 Å². The quantitative estimate of drug-likeness (QED) is 0.914. The third kappa shape index (κ3) is 4.03. The first kappa shape index (κ1) is 14.5. The highest BCUT2D eigenvalue weighted by molar-refractivity contribution is 6.28. The van der Waals surface area contributed by atoms with E-state index in [0.29, 0.717) is 5.95 Å². The molecule has 2 aromatic heterocycles. The fraction of sp³-hybridized carbons (Fsp3) is 0.385. The summed E-state index contributed by atoms with van der Waals surface area (Å²) < 4.78 is 5.43. The van der Waals surface area contributed by atoms with Crippen molar-refractivity contribution in [3.8, 4) is 6.01 Å². The Kier molecular flexibility index (Phi) is 4.68. The summed E-state index contributed by atoms with van der Waals surface area (Å²) in [6, 6.07) is 4.07. The van der Waals surface area contributed by atoms with E-state index in [4.69, 9.17) is 16.3 Å². The van der Waals surface area contributed by atoms with Gasteiger partial charge in [0.25, 0.3) is 0 Å². The maximum atomic E-state index is 5.87. The molecule has 0 amide bonds. The Morgan fingerprint density at radius 2 is 1.80 bits per heavy atom. The van der Waals surface area contributed by atoms with Crippen LogP contribution in [0.4, 0.5) is 5.95 Å². The molecule has 0 aliphatic carbocycles. The molecule has 2 aromatic rings. The van der Waals surface area contributed by atoms with Crippen LogP contribution < -0.4 is 10.1 Å². The van der Waals surface area contributed by atoms with E-state index < -0.39 is 0 Å². The summed E-state index contributed by atoms with van der Waals surface area (Å²) in [6.07, 6.45) is 3.45. The average molecular weight is 294 g/mol. The molecule has 106 valence electrons. The molecule has 0 aliphatic heterocycles. The lowest BCUT2D eigenvalue weighted by Gasteiger charge is -2.15. The van der Waals surface area contributed by atoms with Crippen LogP contribution in [-0.4, -0.2) is 26.0 Å². The molecular weight excluding hydrogens is 278 g/mol. The standard InChI is InChI=1S/C13H16ClN5O/c1-8(2)20-13-18-11(14)17-12(19-13)16-9(3)10-4-6-15-7-5-10/h4-9H,1-3H3,(H,16,17,18,19). The van der Waals surface area contributed by atoms with Crippen LogP contribution in [0, 0.1) is 0 Å². The topological polar surface area (TPSA) is 72.8 Å². The lowest BCUT2D eigenvalue weighted by Crippen LogP contribution is -2.13. The fourth-order valence-electron chi connectivity index (χ4n) is 1.59. The van der Waals surface area contributed by atoms with Gasteiger partial charge in [0.2, 0.25) is 11.2 Å². The molecule has 1 N–H and O–H groups in total. The Balaban J connectivity index is 2.14. The van der Waals surface area contributed by atoms with Gasteiger partial charge >= 0.3 is 6.01 Å². The van der Waals surface area contributed by atoms with Gasteiger partial charge in [-0.1, -0.05) is 0 Å². The van der Waals surface area contributed by atoms with E-state index in [9.17, 15) is 0 Å². The van der Waals surface area contributed by atoms with Crippen LogP contribution in [0.25, 0.3) is 0 Å². The largest absolute Gasteiger partial charge is 0.461 e. The van der Waals surface area contributed by atoms with Crippen LogP contribution in [-0.2, 0) is 0 Å². The van der Waals surface area contributed by atoms with Gasteiger partial charge in [0, 0.05) is 12.4 Å². The van der Waals surface area contributed by atoms with Crippen LogP contribution in [0.2, 0.25) is 5.28 Å². The summed E-state index contributed by atoms with van der Waals surface area (Å²) in [6.45, 7) is 5.78. The summed E-state index contributed by atoms with van der Waals surface area (Å²) in [5, 5.41) is 3.26. The Bertz CT molecular complexity index is 564. The Morgan fingerprint density at radius 1 is 1.10 bits per heavy atom. The lowest BCUT2D eigenvalue weighted by molar-refractivity contribution is 0.222. The van der Waals surface area contributed by atoms with Gasteiger partial charge < -0.3 is 10.1 Å². The van der Waals surface area contributed by atoms with E-state index in [1.165, 1.54) is 0 Å². The van der Waals surface area contributed by atoms with E-state index in [-0.39, 0.29) is 23.4 Å². The third-order valence-electron chi connectivity index (χ3n) is 2.48. The SMILES string of the molecule is CC(C)Oc1nc(Cl)nc(NC(C)c2ccncc2)n1. The molecule has 20 heavy (non-hydrogen) atoms. The number of rotatable bonds is 5. The maximum absolute atomic E-state index is 5.87. The van der Waals surface area contributed by atoms with E-state index in [1.54, 1.807) is 12.4 Å². The molecule has 0 bridgehead atoms. The van der Waals surface area contributed by atoms with Crippen LogP contribution in [0.3, 0.4) is 0 Å². The highest BCUT2D eigenvalue weighted by atomic mass is 35.5. The van der Waals surface area contributed by atoms with E-state index in [1.807, 2.05) is 32.9 Å². The molecule has 0 fully saturated rings. The van der Waals surface area contributed by atoms with E-state index in [0.717, 1.165) is 5.56 Å². The molecule has 2 heterocycles. The molecule has 0 saturated carbocycles. The zero-order valence-electron chi connectivity index (χ0n) is 11.5. The highest BCUT2D eigenvalue weighted by Gasteiger charge is 2.11. The number of aromatic nitrogens is 4. The molecular formula is C13H16ClN5O. The van der Waals surface area contributed by atoms with Crippen molar-refractivity contribution in [1.82, 2.24) is 19.9 Å². The van der Waals surface area contributed by atoms with Gasteiger partial charge in [0.05, 0.1) is 12.1 Å². The summed E-state index contributed by atoms with van der Waals surface area (Å²) in [4.78, 5) is 16.1. The smallest absolute Gasteiger partial charge is 0.322 e. The molecule has 0 spiro atoms. The Morgan fingerprint density at radius 3 is 2.45 bits per heavy atom. The van der Waals surface area contributed by atoms with Gasteiger partial charge in [0.15, 0.2) is 0 Å². The third-order valence-corrected chi connectivity index (χ3v) is 2.65. The predicted molar refractivity (Wildman–Crippen MR) is 76.9 cm³/mol. The fourth-order valence-corrected chi connectivity index (χ4v) is 1.74. The maximum Gasteiger partial charge on any atom is 0.322 e. The number of ether oxygens (including phenoxy) is 1. The van der Waals surface area contributed by atoms with Gasteiger partial charge in [-0.25, -0.2) is 0 Å². The van der Waals surface area contributed by atoms with Crippen LogP contribution in [0.1, 0.15) is 32.4 Å². The van der Waals surface area contributed by atoms with Gasteiger partial charge in [-0.3, -0.25) is 4.98 Å². The molecule has 1 atom stereocenters. The van der Waals surface area contributed by atoms with Gasteiger partial charge in [-0.15, -0.1) is 0 Å². The number of halogens is 1. The molecule has 6 nitrogen and oxygen atoms in total. The second kappa shape index (κ2) is 6.47. The van der Waals surface area contributed by atoms with Crippen LogP contribution in [0.15, 0.2) is 24.5 Å². The van der Waals surface area contributed by atoms with Crippen molar-refractivity contribution in [1.29, 1.82) is 0 Å². The number of nitrogens with zero attached hydrogens (tertiary/aromatic N) is 4. The summed E-state index contributed by atoms with van der Waals surface area (Å²) >= 11 is 5.87. The van der Waals surface area contributed by atoms with Crippen molar-refractivity contribution in [2.75, 3.05) is 5.32 Å². The predicted octanol–water partition coefficient (Wildman–Crippen LogP) is 2.88. The molecule has 0 radical (unpaired) electrons. The van der Waals surface area contributed by atoms with Crippen molar-refractivity contribution in [2.45, 2.75) is 32.9 Å². The number of nitrogens with one attached hydrogen (secondary N) is 1. The minimum Gasteiger partial charge on any atom is -0.461 e. The summed E-state index contributed by atoms with van der Waals surface area (Å²) in [7, 11) is 0. The second-order valence-electron chi connectivity index (χ2n) is 4.52. The monoisotopic (exact) mass is 293 g/mol. The molecule has 2 rings (SSSR count). The first-order chi connectivity index (χ1) is 9.54. The number of anilines is 1. The molecule has 0 saturated heterocycles. The lowest BCUT2D eigenvalue weighted by atomic mass is 10.1. The normalized spacial score (nSPS) is 12.2. The minimum atomic E-state index is -0.0288. The van der Waals surface area contributed by atoms with Crippen molar-refractivity contribution in [3.05, 3.63) is 35.4 Å². The molecule has 0 aromatic carbocycles. The zero-order valence-corrected chi connectivity index (χ0v) is 12.3. The van der Waals surface area contributed by atoms with Crippen molar-refractivity contribution < 1.29 is 4.74 Å². The first-order valence-corrected chi connectivity index (χ1v) is 6.67. The van der Waals surface area contributed by atoms with Crippen molar-refractivity contribution in [3.63, 3.8) is 0 Å². The highest BCUT2D eigenvalue weighted by Crippen LogP contribution is 2.18. The van der Waals surface area contributed by atoms with Gasteiger partial charge in [0.1, 0.15) is 0 Å². The van der Waals surface area contributed by atoms with Crippen molar-refractivity contribution >= 4 is 17.5 Å². The van der Waals surface area contributed by atoms with Crippen LogP contribution in [0.5, 0.6) is 6.01 Å². The van der Waals surface area contributed by atoms with E-state index >= 15 is 0 Å². The molecule has 1 unspecified atom stereocenters. The average Bonchev–Trinajstić information content (AvgIpc) is 2.38. The molecule has 7 heteroatoms. The Labute approximate surface area is 122 Å². The van der Waals surface area contributed by atoms with Crippen LogP contribution >= 0.6 is 11.6 Å². The van der Waals surface area contributed by atoms with Gasteiger partial charge in [-0.2, -0.15) is 15.0 Å². The minimum absolute atomic E-state index is 0.0170. The Hall–Kier alpha value is -1.95. The number of hydrogen-bond acceptors (Lipinski definition) is 6. The zero-order chi connectivity index (χ0) is 14.5. The second-order valence-corrected chi connectivity index (χ2v) is 4.86. The number of hydrogen-bond donors (Lipinski definition) is 1.